The van der Waals surface area contributed by atoms with E-state index in [1.165, 1.54) is 24.3 Å². The predicted octanol–water partition coefficient (Wildman–Crippen LogP) is 2.92. The highest BCUT2D eigenvalue weighted by molar-refractivity contribution is 5.98. The van der Waals surface area contributed by atoms with Crippen molar-refractivity contribution in [2.45, 2.75) is 5.92 Å². The number of carbonyl (C=O) groups excluding carboxylic acids is 2. The number of nitrogens with one attached hydrogen (secondary N) is 1. The molecule has 0 bridgehead atoms. The zero-order chi connectivity index (χ0) is 23.1. The van der Waals surface area contributed by atoms with E-state index in [1.54, 1.807) is 39.9 Å². The summed E-state index contributed by atoms with van der Waals surface area (Å²) in [5, 5.41) is 3.04. The summed E-state index contributed by atoms with van der Waals surface area (Å²) in [6.45, 7) is 0.972. The van der Waals surface area contributed by atoms with E-state index in [9.17, 15) is 14.0 Å². The molecule has 0 aliphatic carbocycles. The monoisotopic (exact) mass is 443 g/mol. The Kier molecular flexibility index (Phi) is 4.83. The fourth-order valence-corrected chi connectivity index (χ4v) is 3.92. The fourth-order valence-electron chi connectivity index (χ4n) is 3.92. The average Bonchev–Trinajstić information content (AvgIpc) is 3.34. The number of hydrogen-bond donors (Lipinski definition) is 2. The first-order valence-corrected chi connectivity index (χ1v) is 10.1. The molecule has 0 atom stereocenters. The summed E-state index contributed by atoms with van der Waals surface area (Å²) < 4.78 is 20.4. The Bertz CT molecular complexity index is 1410. The number of nitrogens with zero attached hydrogens (tertiary/aromatic N) is 3. The van der Waals surface area contributed by atoms with Crippen LogP contribution in [0.4, 0.5) is 4.39 Å². The van der Waals surface area contributed by atoms with Crippen LogP contribution >= 0.6 is 0 Å². The molecule has 5 rings (SSSR count). The largest absolute Gasteiger partial charge is 0.457 e. The number of benzene rings is 2. The van der Waals surface area contributed by atoms with Crippen LogP contribution in [0.2, 0.25) is 0 Å². The Balaban J connectivity index is 1.44. The van der Waals surface area contributed by atoms with Gasteiger partial charge in [0.15, 0.2) is 11.3 Å². The van der Waals surface area contributed by atoms with E-state index in [2.05, 4.69) is 16.0 Å². The number of aromatic nitrogens is 3. The molecule has 8 nitrogen and oxygen atoms in total. The van der Waals surface area contributed by atoms with Crippen molar-refractivity contribution in [2.75, 3.05) is 13.1 Å². The first-order valence-electron chi connectivity index (χ1n) is 10.1. The molecule has 3 heterocycles. The van der Waals surface area contributed by atoms with Crippen molar-refractivity contribution < 1.29 is 18.7 Å². The number of primary amides is 1. The minimum Gasteiger partial charge on any atom is -0.457 e. The number of imidazole rings is 1. The number of fused-ring (bicyclic) bond motifs is 1. The number of amides is 2. The van der Waals surface area contributed by atoms with Crippen LogP contribution in [0, 0.1) is 18.2 Å². The summed E-state index contributed by atoms with van der Waals surface area (Å²) in [6.07, 6.45) is 6.94. The average molecular weight is 443 g/mol. The van der Waals surface area contributed by atoms with Crippen LogP contribution in [-0.2, 0) is 4.79 Å². The highest BCUT2D eigenvalue weighted by Gasteiger charge is 2.34. The summed E-state index contributed by atoms with van der Waals surface area (Å²) in [7, 11) is 0. The van der Waals surface area contributed by atoms with Gasteiger partial charge in [0.05, 0.1) is 0 Å². The van der Waals surface area contributed by atoms with Gasteiger partial charge in [-0.05, 0) is 54.5 Å². The topological polar surface area (TPSA) is 106 Å². The second-order valence-corrected chi connectivity index (χ2v) is 7.69. The summed E-state index contributed by atoms with van der Waals surface area (Å²) in [5.74, 6) is 1.89. The van der Waals surface area contributed by atoms with Crippen LogP contribution in [0.1, 0.15) is 22.0 Å². The number of nitrogens with two attached hydrogens (primary N) is 1. The molecule has 2 aromatic heterocycles. The number of halogens is 1. The number of aromatic amines is 1. The lowest BCUT2D eigenvalue weighted by Gasteiger charge is -2.37. The second-order valence-electron chi connectivity index (χ2n) is 7.69. The van der Waals surface area contributed by atoms with Crippen LogP contribution in [0.5, 0.6) is 11.5 Å². The standard InChI is InChI=1S/C24H18FN5O3/c1-2-20(31)29-12-15(13-29)19-11-27-30-22(23(26)32)21(28-24(19)30)14-3-7-17(8-4-14)33-18-9-5-16(25)6-10-18/h1,3-11,15,27H,12-13H2,(H2,26,32). The van der Waals surface area contributed by atoms with Gasteiger partial charge in [-0.1, -0.05) is 0 Å². The van der Waals surface area contributed by atoms with Gasteiger partial charge in [-0.15, -0.1) is 6.42 Å². The van der Waals surface area contributed by atoms with E-state index in [0.29, 0.717) is 41.5 Å². The van der Waals surface area contributed by atoms with Crippen molar-refractivity contribution in [2.24, 2.45) is 5.73 Å². The Labute approximate surface area is 187 Å². The Morgan fingerprint density at radius 1 is 1.12 bits per heavy atom. The quantitative estimate of drug-likeness (QED) is 0.463. The molecule has 0 saturated carbocycles. The molecule has 33 heavy (non-hydrogen) atoms. The molecule has 4 aromatic rings. The van der Waals surface area contributed by atoms with E-state index >= 15 is 0 Å². The maximum absolute atomic E-state index is 13.1. The van der Waals surface area contributed by atoms with Crippen LogP contribution in [0.25, 0.3) is 16.9 Å². The number of rotatable bonds is 5. The summed E-state index contributed by atoms with van der Waals surface area (Å²) in [5.41, 5.74) is 8.45. The lowest BCUT2D eigenvalue weighted by Crippen LogP contribution is -2.47. The third-order valence-corrected chi connectivity index (χ3v) is 5.63. The molecule has 3 N–H and O–H groups in total. The zero-order valence-corrected chi connectivity index (χ0v) is 17.3. The third kappa shape index (κ3) is 3.57. The van der Waals surface area contributed by atoms with E-state index < -0.39 is 5.91 Å². The van der Waals surface area contributed by atoms with Gasteiger partial charge >= 0.3 is 0 Å². The van der Waals surface area contributed by atoms with Crippen LogP contribution in [-0.4, -0.2) is 44.4 Å². The first-order chi connectivity index (χ1) is 15.9. The van der Waals surface area contributed by atoms with Crippen molar-refractivity contribution in [3.05, 3.63) is 71.8 Å². The zero-order valence-electron chi connectivity index (χ0n) is 17.3. The summed E-state index contributed by atoms with van der Waals surface area (Å²) in [4.78, 5) is 30.2. The molecule has 1 fully saturated rings. The van der Waals surface area contributed by atoms with Gasteiger partial charge in [0.25, 0.3) is 11.8 Å². The van der Waals surface area contributed by atoms with E-state index in [-0.39, 0.29) is 23.3 Å². The van der Waals surface area contributed by atoms with Crippen molar-refractivity contribution >= 4 is 17.5 Å². The van der Waals surface area contributed by atoms with Gasteiger partial charge in [0.1, 0.15) is 23.0 Å². The predicted molar refractivity (Wildman–Crippen MR) is 118 cm³/mol. The number of H-pyrrole nitrogens is 1. The third-order valence-electron chi connectivity index (χ3n) is 5.63. The smallest absolute Gasteiger partial charge is 0.298 e. The minimum absolute atomic E-state index is 0.0542. The maximum Gasteiger partial charge on any atom is 0.298 e. The van der Waals surface area contributed by atoms with Crippen LogP contribution in [0.3, 0.4) is 0 Å². The SMILES string of the molecule is C#CC(=O)N1CC(c2c[nH]n3c(C(N)=O)c(-c4ccc(Oc5ccc(F)cc5)cc4)nc23)C1. The maximum atomic E-state index is 13.1. The molecular weight excluding hydrogens is 425 g/mol. The minimum atomic E-state index is -0.629. The molecule has 0 unspecified atom stereocenters. The Morgan fingerprint density at radius 2 is 1.76 bits per heavy atom. The highest BCUT2D eigenvalue weighted by Crippen LogP contribution is 2.33. The molecule has 164 valence electrons. The lowest BCUT2D eigenvalue weighted by atomic mass is 9.93. The van der Waals surface area contributed by atoms with Gasteiger partial charge in [-0.2, -0.15) is 0 Å². The molecule has 1 aliphatic rings. The fraction of sp³-hybridized carbons (Fsp3) is 0.125. The van der Waals surface area contributed by atoms with Gasteiger partial charge in [0.2, 0.25) is 0 Å². The van der Waals surface area contributed by atoms with Gasteiger partial charge < -0.3 is 15.4 Å². The van der Waals surface area contributed by atoms with Gasteiger partial charge in [-0.25, -0.2) is 13.9 Å². The number of likely N-dealkylation sites (tertiary alicyclic amines) is 1. The molecule has 0 radical (unpaired) electrons. The first kappa shape index (κ1) is 20.3. The second kappa shape index (κ2) is 7.84. The molecule has 1 aliphatic heterocycles. The number of terminal acetylenes is 1. The molecule has 9 heteroatoms. The van der Waals surface area contributed by atoms with E-state index in [1.807, 2.05) is 0 Å². The van der Waals surface area contributed by atoms with Gasteiger partial charge in [0, 0.05) is 36.3 Å². The molecule has 0 spiro atoms. The summed E-state index contributed by atoms with van der Waals surface area (Å²) >= 11 is 0. The molecular formula is C24H18FN5O3. The summed E-state index contributed by atoms with van der Waals surface area (Å²) in [6, 6.07) is 12.7. The van der Waals surface area contributed by atoms with Crippen LogP contribution in [0.15, 0.2) is 54.7 Å². The van der Waals surface area contributed by atoms with Crippen molar-refractivity contribution in [3.63, 3.8) is 0 Å². The van der Waals surface area contributed by atoms with E-state index in [4.69, 9.17) is 16.9 Å². The molecule has 2 aromatic carbocycles. The van der Waals surface area contributed by atoms with Crippen molar-refractivity contribution in [1.29, 1.82) is 0 Å². The van der Waals surface area contributed by atoms with Crippen molar-refractivity contribution in [3.8, 4) is 35.1 Å². The van der Waals surface area contributed by atoms with E-state index in [0.717, 1.165) is 5.56 Å². The normalized spacial score (nSPS) is 13.5. The Hall–Kier alpha value is -4.58. The Morgan fingerprint density at radius 3 is 2.36 bits per heavy atom. The number of ether oxygens (including phenoxy) is 1. The molecule has 2 amide bonds. The lowest BCUT2D eigenvalue weighted by molar-refractivity contribution is -0.129. The van der Waals surface area contributed by atoms with Crippen LogP contribution < -0.4 is 10.5 Å². The van der Waals surface area contributed by atoms with Gasteiger partial charge in [-0.3, -0.25) is 14.7 Å². The van der Waals surface area contributed by atoms with Crippen molar-refractivity contribution in [1.82, 2.24) is 19.5 Å². The number of hydrogen-bond acceptors (Lipinski definition) is 4. The molecule has 1 saturated heterocycles. The number of carbonyl (C=O) groups is 2. The highest BCUT2D eigenvalue weighted by atomic mass is 19.1.